The minimum absolute atomic E-state index is 0.115. The summed E-state index contributed by atoms with van der Waals surface area (Å²) in [5.41, 5.74) is 6.20. The summed E-state index contributed by atoms with van der Waals surface area (Å²) >= 11 is 0. The lowest BCUT2D eigenvalue weighted by molar-refractivity contribution is 1.18. The Hall–Kier alpha value is -3.20. The van der Waals surface area contributed by atoms with Gasteiger partial charge in [0.15, 0.2) is 0 Å². The summed E-state index contributed by atoms with van der Waals surface area (Å²) in [6.07, 6.45) is 0. The van der Waals surface area contributed by atoms with Crippen LogP contribution in [0.15, 0.2) is 71.5 Å². The molecule has 3 heteroatoms. The third kappa shape index (κ3) is 2.74. The van der Waals surface area contributed by atoms with Crippen molar-refractivity contribution in [2.75, 3.05) is 0 Å². The van der Waals surface area contributed by atoms with E-state index in [9.17, 15) is 4.79 Å². The highest BCUT2D eigenvalue weighted by Gasteiger charge is 2.11. The molecule has 0 saturated carbocycles. The lowest BCUT2D eigenvalue weighted by Crippen LogP contribution is -2.09. The quantitative estimate of drug-likeness (QED) is 0.571. The number of aromatic amines is 1. The van der Waals surface area contributed by atoms with Crippen LogP contribution in [0.3, 0.4) is 0 Å². The first-order valence-electron chi connectivity index (χ1n) is 8.29. The molecule has 1 heterocycles. The van der Waals surface area contributed by atoms with Gasteiger partial charge in [0.25, 0.3) is 5.56 Å². The minimum atomic E-state index is -0.115. The average molecular weight is 326 g/mol. The molecule has 0 spiro atoms. The molecule has 0 saturated heterocycles. The van der Waals surface area contributed by atoms with Crippen LogP contribution in [0.1, 0.15) is 11.1 Å². The molecular formula is C22H18N2O. The van der Waals surface area contributed by atoms with Crippen LogP contribution in [0.25, 0.3) is 33.4 Å². The second-order valence-corrected chi connectivity index (χ2v) is 6.28. The Balaban J connectivity index is 1.95. The molecule has 122 valence electrons. The third-order valence-corrected chi connectivity index (χ3v) is 4.61. The number of H-pyrrole nitrogens is 1. The van der Waals surface area contributed by atoms with Crippen molar-refractivity contribution in [2.45, 2.75) is 13.8 Å². The van der Waals surface area contributed by atoms with Crippen LogP contribution in [0.4, 0.5) is 0 Å². The van der Waals surface area contributed by atoms with Crippen molar-refractivity contribution in [3.63, 3.8) is 0 Å². The number of aromatic nitrogens is 2. The topological polar surface area (TPSA) is 45.8 Å². The molecule has 1 N–H and O–H groups in total. The summed E-state index contributed by atoms with van der Waals surface area (Å²) in [5, 5.41) is 0.606. The van der Waals surface area contributed by atoms with Gasteiger partial charge in [-0.25, -0.2) is 4.98 Å². The fourth-order valence-electron chi connectivity index (χ4n) is 3.06. The van der Waals surface area contributed by atoms with E-state index in [1.54, 1.807) is 6.07 Å². The summed E-state index contributed by atoms with van der Waals surface area (Å²) in [7, 11) is 0. The van der Waals surface area contributed by atoms with Crippen molar-refractivity contribution >= 4 is 10.9 Å². The smallest absolute Gasteiger partial charge is 0.259 e. The molecule has 0 aliphatic rings. The summed E-state index contributed by atoms with van der Waals surface area (Å²) < 4.78 is 0. The molecule has 0 aliphatic heterocycles. The molecule has 0 unspecified atom stereocenters. The lowest BCUT2D eigenvalue weighted by Gasteiger charge is -2.11. The zero-order chi connectivity index (χ0) is 17.4. The Bertz CT molecular complexity index is 1140. The van der Waals surface area contributed by atoms with Crippen LogP contribution in [0, 0.1) is 13.8 Å². The van der Waals surface area contributed by atoms with E-state index in [1.807, 2.05) is 36.4 Å². The highest BCUT2D eigenvalue weighted by atomic mass is 16.1. The Morgan fingerprint density at radius 1 is 0.800 bits per heavy atom. The first kappa shape index (κ1) is 15.3. The second kappa shape index (κ2) is 6.02. The molecule has 3 aromatic carbocycles. The van der Waals surface area contributed by atoms with Crippen molar-refractivity contribution in [3.05, 3.63) is 88.2 Å². The maximum atomic E-state index is 12.4. The van der Waals surface area contributed by atoms with Crippen molar-refractivity contribution in [1.29, 1.82) is 0 Å². The van der Waals surface area contributed by atoms with Gasteiger partial charge in [-0.05, 0) is 48.2 Å². The van der Waals surface area contributed by atoms with E-state index in [2.05, 4.69) is 48.1 Å². The molecule has 0 bridgehead atoms. The number of nitrogens with zero attached hydrogens (tertiary/aromatic N) is 1. The van der Waals surface area contributed by atoms with Crippen molar-refractivity contribution in [3.8, 4) is 22.5 Å². The van der Waals surface area contributed by atoms with E-state index < -0.39 is 0 Å². The number of hydrogen-bond donors (Lipinski definition) is 1. The highest BCUT2D eigenvalue weighted by molar-refractivity contribution is 5.84. The van der Waals surface area contributed by atoms with Crippen LogP contribution in [-0.2, 0) is 0 Å². The predicted octanol–water partition coefficient (Wildman–Crippen LogP) is 4.87. The number of aryl methyl sites for hydroxylation is 2. The van der Waals surface area contributed by atoms with E-state index in [0.29, 0.717) is 16.7 Å². The molecule has 4 rings (SSSR count). The van der Waals surface area contributed by atoms with Crippen molar-refractivity contribution < 1.29 is 0 Å². The van der Waals surface area contributed by atoms with Crippen LogP contribution >= 0.6 is 0 Å². The van der Waals surface area contributed by atoms with Gasteiger partial charge < -0.3 is 4.98 Å². The number of para-hydroxylation sites is 1. The Morgan fingerprint density at radius 3 is 2.32 bits per heavy atom. The average Bonchev–Trinajstić information content (AvgIpc) is 2.64. The zero-order valence-electron chi connectivity index (χ0n) is 14.2. The Morgan fingerprint density at radius 2 is 1.52 bits per heavy atom. The Labute approximate surface area is 146 Å². The maximum absolute atomic E-state index is 12.4. The maximum Gasteiger partial charge on any atom is 0.259 e. The molecule has 4 aromatic rings. The number of hydrogen-bond acceptors (Lipinski definition) is 2. The standard InChI is InChI=1S/C22H18N2O/c1-14-11-12-16(13-15(14)2)17-7-3-4-8-18(17)21-23-20-10-6-5-9-19(20)22(25)24-21/h3-13H,1-2H3,(H,23,24,25). The molecule has 25 heavy (non-hydrogen) atoms. The van der Waals surface area contributed by atoms with Gasteiger partial charge in [-0.1, -0.05) is 54.6 Å². The monoisotopic (exact) mass is 326 g/mol. The van der Waals surface area contributed by atoms with Gasteiger partial charge in [0, 0.05) is 5.56 Å². The third-order valence-electron chi connectivity index (χ3n) is 4.61. The fourth-order valence-corrected chi connectivity index (χ4v) is 3.06. The second-order valence-electron chi connectivity index (χ2n) is 6.28. The van der Waals surface area contributed by atoms with Gasteiger partial charge >= 0.3 is 0 Å². The van der Waals surface area contributed by atoms with Crippen molar-refractivity contribution in [2.24, 2.45) is 0 Å². The normalized spacial score (nSPS) is 11.0. The fraction of sp³-hybridized carbons (Fsp3) is 0.0909. The van der Waals surface area contributed by atoms with Gasteiger partial charge in [-0.2, -0.15) is 0 Å². The zero-order valence-corrected chi connectivity index (χ0v) is 14.2. The summed E-state index contributed by atoms with van der Waals surface area (Å²) in [5.74, 6) is 0.595. The molecule has 0 radical (unpaired) electrons. The van der Waals surface area contributed by atoms with E-state index >= 15 is 0 Å². The number of fused-ring (bicyclic) bond motifs is 1. The van der Waals surface area contributed by atoms with E-state index in [0.717, 1.165) is 16.7 Å². The summed E-state index contributed by atoms with van der Waals surface area (Å²) in [6, 6.07) is 21.8. The summed E-state index contributed by atoms with van der Waals surface area (Å²) in [6.45, 7) is 4.21. The number of benzene rings is 3. The first-order chi connectivity index (χ1) is 12.1. The molecule has 3 nitrogen and oxygen atoms in total. The molecule has 0 fully saturated rings. The van der Waals surface area contributed by atoms with Gasteiger partial charge in [0.2, 0.25) is 0 Å². The number of nitrogens with one attached hydrogen (secondary N) is 1. The molecule has 1 aromatic heterocycles. The van der Waals surface area contributed by atoms with E-state index in [1.165, 1.54) is 11.1 Å². The van der Waals surface area contributed by atoms with Crippen LogP contribution in [0.5, 0.6) is 0 Å². The van der Waals surface area contributed by atoms with Gasteiger partial charge in [0.05, 0.1) is 10.9 Å². The SMILES string of the molecule is Cc1ccc(-c2ccccc2-c2nc3ccccc3c(=O)[nH]2)cc1C. The lowest BCUT2D eigenvalue weighted by atomic mass is 9.96. The Kier molecular flexibility index (Phi) is 3.69. The van der Waals surface area contributed by atoms with E-state index in [-0.39, 0.29) is 5.56 Å². The molecule has 0 atom stereocenters. The summed E-state index contributed by atoms with van der Waals surface area (Å²) in [4.78, 5) is 20.0. The van der Waals surface area contributed by atoms with Crippen molar-refractivity contribution in [1.82, 2.24) is 9.97 Å². The predicted molar refractivity (Wildman–Crippen MR) is 103 cm³/mol. The largest absolute Gasteiger partial charge is 0.306 e. The minimum Gasteiger partial charge on any atom is -0.306 e. The first-order valence-corrected chi connectivity index (χ1v) is 8.29. The molecular weight excluding hydrogens is 308 g/mol. The molecule has 0 aliphatic carbocycles. The van der Waals surface area contributed by atoms with Gasteiger partial charge in [-0.3, -0.25) is 4.79 Å². The number of rotatable bonds is 2. The van der Waals surface area contributed by atoms with Crippen LogP contribution in [-0.4, -0.2) is 9.97 Å². The highest BCUT2D eigenvalue weighted by Crippen LogP contribution is 2.31. The molecule has 0 amide bonds. The van der Waals surface area contributed by atoms with Gasteiger partial charge in [0.1, 0.15) is 5.82 Å². The van der Waals surface area contributed by atoms with Crippen LogP contribution < -0.4 is 5.56 Å². The van der Waals surface area contributed by atoms with Crippen LogP contribution in [0.2, 0.25) is 0 Å². The van der Waals surface area contributed by atoms with Gasteiger partial charge in [-0.15, -0.1) is 0 Å². The van der Waals surface area contributed by atoms with E-state index in [4.69, 9.17) is 0 Å².